The van der Waals surface area contributed by atoms with Gasteiger partial charge >= 0.3 is 98.3 Å². The van der Waals surface area contributed by atoms with Crippen LogP contribution in [0.1, 0.15) is 66.2 Å². The van der Waals surface area contributed by atoms with Crippen molar-refractivity contribution in [1.29, 1.82) is 0 Å². The Balaban J connectivity index is 0.000000555. The SMILES string of the molecule is CC(=O)OOc1c(Cl)c(Cl)c(Cl)c(Cl)c1Cl.CCC[CH2][SnH]([CH2]CCC)[CH2]CCC. The van der Waals surface area contributed by atoms with Gasteiger partial charge in [0, 0.05) is 6.92 Å². The summed E-state index contributed by atoms with van der Waals surface area (Å²) in [6.45, 7) is 8.15. The summed E-state index contributed by atoms with van der Waals surface area (Å²) in [4.78, 5) is 19.4. The van der Waals surface area contributed by atoms with Gasteiger partial charge in [0.1, 0.15) is 10.0 Å². The van der Waals surface area contributed by atoms with Gasteiger partial charge in [-0.25, -0.2) is 4.79 Å². The molecule has 0 amide bonds. The van der Waals surface area contributed by atoms with Crippen LogP contribution in [0.2, 0.25) is 38.4 Å². The van der Waals surface area contributed by atoms with Crippen LogP contribution in [-0.4, -0.2) is 25.7 Å². The van der Waals surface area contributed by atoms with E-state index in [9.17, 15) is 4.79 Å². The minimum atomic E-state index is -0.967. The standard InChI is InChI=1S/C8H3Cl5O3.3C4H9.Sn.H/c1-2(14)15-16-8-6(12)4(10)3(9)5(11)7(8)13;3*1-3-4-2;;/h1H3;3*1,3-4H2,2H3;;. The zero-order chi connectivity index (χ0) is 22.4. The van der Waals surface area contributed by atoms with Crippen LogP contribution in [0.25, 0.3) is 0 Å². The van der Waals surface area contributed by atoms with Gasteiger partial charge in [-0.3, -0.25) is 9.78 Å². The summed E-state index contributed by atoms with van der Waals surface area (Å²) in [5.41, 5.74) is 0. The first kappa shape index (κ1) is 29.7. The molecule has 0 saturated carbocycles. The molecule has 9 heteroatoms. The van der Waals surface area contributed by atoms with Crippen LogP contribution >= 0.6 is 58.0 Å². The first-order valence-corrected chi connectivity index (χ1v) is 19.0. The summed E-state index contributed by atoms with van der Waals surface area (Å²) >= 11 is 27.8. The van der Waals surface area contributed by atoms with E-state index >= 15 is 0 Å². The second-order valence-corrected chi connectivity index (χ2v) is 18.6. The third-order valence-electron chi connectivity index (χ3n) is 4.31. The van der Waals surface area contributed by atoms with Crippen molar-refractivity contribution in [1.82, 2.24) is 0 Å². The quantitative estimate of drug-likeness (QED) is 0.0818. The fourth-order valence-electron chi connectivity index (χ4n) is 2.67. The molecule has 0 spiro atoms. The van der Waals surface area contributed by atoms with Crippen molar-refractivity contribution in [3.63, 3.8) is 0 Å². The monoisotopic (exact) mass is 614 g/mol. The average molecular weight is 615 g/mol. The molecule has 0 aromatic heterocycles. The van der Waals surface area contributed by atoms with Crippen LogP contribution in [0.5, 0.6) is 5.75 Å². The van der Waals surface area contributed by atoms with Crippen LogP contribution < -0.4 is 4.89 Å². The van der Waals surface area contributed by atoms with Gasteiger partial charge in [-0.15, -0.1) is 0 Å². The third kappa shape index (κ3) is 11.8. The molecule has 3 nitrogen and oxygen atoms in total. The first-order valence-electron chi connectivity index (χ1n) is 10.1. The van der Waals surface area contributed by atoms with Crippen LogP contribution in [0.3, 0.4) is 0 Å². The Hall–Kier alpha value is 0.739. The van der Waals surface area contributed by atoms with Gasteiger partial charge in [-0.05, 0) is 0 Å². The fourth-order valence-corrected chi connectivity index (χ4v) is 14.8. The van der Waals surface area contributed by atoms with E-state index in [1.165, 1.54) is 38.5 Å². The van der Waals surface area contributed by atoms with Crippen molar-refractivity contribution in [2.24, 2.45) is 0 Å². The van der Waals surface area contributed by atoms with Crippen molar-refractivity contribution >= 4 is 83.7 Å². The summed E-state index contributed by atoms with van der Waals surface area (Å²) < 4.78 is 5.08. The molecule has 0 aliphatic carbocycles. The number of unbranched alkanes of at least 4 members (excludes halogenated alkanes) is 3. The van der Waals surface area contributed by atoms with E-state index in [1.54, 1.807) is 13.3 Å². The Morgan fingerprint density at radius 3 is 1.38 bits per heavy atom. The van der Waals surface area contributed by atoms with Crippen LogP contribution in [0.15, 0.2) is 0 Å². The summed E-state index contributed by atoms with van der Waals surface area (Å²) in [5.74, 6) is -0.854. The molecule has 1 aromatic carbocycles. The van der Waals surface area contributed by atoms with Gasteiger partial charge in [0.05, 0.1) is 15.1 Å². The van der Waals surface area contributed by atoms with E-state index in [-0.39, 0.29) is 30.9 Å². The average Bonchev–Trinajstić information content (AvgIpc) is 2.70. The molecule has 1 aromatic rings. The van der Waals surface area contributed by atoms with Crippen LogP contribution in [0, 0.1) is 0 Å². The summed E-state index contributed by atoms with van der Waals surface area (Å²) in [7, 11) is 0. The van der Waals surface area contributed by atoms with E-state index in [1.807, 2.05) is 0 Å². The molecule has 1 rings (SSSR count). The van der Waals surface area contributed by atoms with Gasteiger partial charge in [-0.2, -0.15) is 0 Å². The maximum absolute atomic E-state index is 10.6. The van der Waals surface area contributed by atoms with Crippen molar-refractivity contribution in [2.75, 3.05) is 0 Å². The zero-order valence-electron chi connectivity index (χ0n) is 17.6. The van der Waals surface area contributed by atoms with Crippen LogP contribution in [-0.2, 0) is 9.68 Å². The molecule has 0 fully saturated rings. The van der Waals surface area contributed by atoms with Crippen molar-refractivity contribution in [3.8, 4) is 5.75 Å². The molecule has 0 bridgehead atoms. The number of hydrogen-bond acceptors (Lipinski definition) is 3. The topological polar surface area (TPSA) is 35.5 Å². The third-order valence-corrected chi connectivity index (χ3v) is 17.0. The number of benzene rings is 1. The number of carbonyl (C=O) groups excluding carboxylic acids is 1. The van der Waals surface area contributed by atoms with Gasteiger partial charge < -0.3 is 0 Å². The molecule has 0 radical (unpaired) electrons. The van der Waals surface area contributed by atoms with Crippen molar-refractivity contribution in [3.05, 3.63) is 25.1 Å². The van der Waals surface area contributed by atoms with E-state index in [0.717, 1.165) is 6.92 Å². The Morgan fingerprint density at radius 2 is 1.07 bits per heavy atom. The predicted molar refractivity (Wildman–Crippen MR) is 130 cm³/mol. The van der Waals surface area contributed by atoms with E-state index in [4.69, 9.17) is 58.0 Å². The molecule has 29 heavy (non-hydrogen) atoms. The molecule has 0 saturated heterocycles. The fraction of sp³-hybridized carbons (Fsp3) is 0.650. The molecule has 0 heterocycles. The molecule has 0 atom stereocenters. The van der Waals surface area contributed by atoms with E-state index < -0.39 is 25.7 Å². The second-order valence-electron chi connectivity index (χ2n) is 6.85. The van der Waals surface area contributed by atoms with Crippen molar-refractivity contribution < 1.29 is 14.6 Å². The van der Waals surface area contributed by atoms with E-state index in [2.05, 4.69) is 30.5 Å². The molecular formula is C20H31Cl5O3Sn. The molecule has 0 aliphatic rings. The zero-order valence-corrected chi connectivity index (χ0v) is 24.6. The van der Waals surface area contributed by atoms with Crippen LogP contribution in [0.4, 0.5) is 0 Å². The normalized spacial score (nSPS) is 10.6. The summed E-state index contributed by atoms with van der Waals surface area (Å²) in [6.07, 6.45) is 8.87. The number of hydrogen-bond donors (Lipinski definition) is 0. The Bertz CT molecular complexity index is 581. The minimum absolute atomic E-state index is 0.00601. The van der Waals surface area contributed by atoms with Crippen molar-refractivity contribution in [2.45, 2.75) is 79.5 Å². The Kier molecular flexibility index (Phi) is 17.8. The Labute approximate surface area is 207 Å². The summed E-state index contributed by atoms with van der Waals surface area (Å²) in [5, 5.41) is -0.280. The number of rotatable bonds is 11. The molecule has 0 unspecified atom stereocenters. The predicted octanol–water partition coefficient (Wildman–Crippen LogP) is 9.42. The van der Waals surface area contributed by atoms with Gasteiger partial charge in [0.2, 0.25) is 5.75 Å². The maximum atomic E-state index is 10.6. The first-order chi connectivity index (χ1) is 13.7. The summed E-state index contributed by atoms with van der Waals surface area (Å²) in [6, 6.07) is 0. The Morgan fingerprint density at radius 1 is 0.724 bits per heavy atom. The molecular weight excluding hydrogens is 584 g/mol. The number of halogens is 5. The molecule has 0 N–H and O–H groups in total. The number of carbonyl (C=O) groups is 1. The van der Waals surface area contributed by atoms with Gasteiger partial charge in [0.25, 0.3) is 0 Å². The molecule has 168 valence electrons. The van der Waals surface area contributed by atoms with E-state index in [0.29, 0.717) is 0 Å². The second kappa shape index (κ2) is 17.3. The molecule has 0 aliphatic heterocycles. The van der Waals surface area contributed by atoms with Gasteiger partial charge in [-0.1, -0.05) is 58.0 Å². The van der Waals surface area contributed by atoms with Gasteiger partial charge in [0.15, 0.2) is 0 Å².